The van der Waals surface area contributed by atoms with Gasteiger partial charge in [0.15, 0.2) is 0 Å². The smallest absolute Gasteiger partial charge is 0.273 e. The van der Waals surface area contributed by atoms with Gasteiger partial charge in [-0.1, -0.05) is 18.2 Å². The summed E-state index contributed by atoms with van der Waals surface area (Å²) in [5.74, 6) is -0.302. The number of aryl methyl sites for hydroxylation is 2. The number of carbonyl (C=O) groups excluding carboxylic acids is 1. The number of rotatable bonds is 4. The molecular weight excluding hydrogens is 272 g/mol. The van der Waals surface area contributed by atoms with Crippen molar-refractivity contribution in [1.82, 2.24) is 9.78 Å². The van der Waals surface area contributed by atoms with Crippen molar-refractivity contribution >= 4 is 17.3 Å². The number of hydrogen-bond donors (Lipinski definition) is 1. The Morgan fingerprint density at radius 3 is 2.62 bits per heavy atom. The summed E-state index contributed by atoms with van der Waals surface area (Å²) in [6, 6.07) is 6.23. The van der Waals surface area contributed by atoms with Crippen LogP contribution in [-0.2, 0) is 18.3 Å². The molecule has 0 radical (unpaired) electrons. The molecule has 1 amide bonds. The molecule has 0 aliphatic rings. The van der Waals surface area contributed by atoms with E-state index >= 15 is 0 Å². The molecule has 1 N–H and O–H groups in total. The molecule has 0 fully saturated rings. The summed E-state index contributed by atoms with van der Waals surface area (Å²) in [5, 5.41) is 17.9. The molecule has 7 heteroatoms. The van der Waals surface area contributed by atoms with Crippen molar-refractivity contribution in [3.8, 4) is 0 Å². The van der Waals surface area contributed by atoms with E-state index in [-0.39, 0.29) is 18.0 Å². The number of hydrogen-bond acceptors (Lipinski definition) is 4. The largest absolute Gasteiger partial charge is 0.323 e. The lowest BCUT2D eigenvalue weighted by Crippen LogP contribution is -2.16. The Labute approximate surface area is 121 Å². The van der Waals surface area contributed by atoms with Crippen LogP contribution in [0.3, 0.4) is 0 Å². The molecule has 0 spiro atoms. The summed E-state index contributed by atoms with van der Waals surface area (Å²) < 4.78 is 1.68. The maximum Gasteiger partial charge on any atom is 0.273 e. The van der Waals surface area contributed by atoms with Crippen LogP contribution in [-0.4, -0.2) is 20.6 Å². The van der Waals surface area contributed by atoms with E-state index in [0.29, 0.717) is 16.9 Å². The first-order chi connectivity index (χ1) is 9.90. The van der Waals surface area contributed by atoms with Gasteiger partial charge in [-0.25, -0.2) is 0 Å². The van der Waals surface area contributed by atoms with Crippen LogP contribution in [0.5, 0.6) is 0 Å². The maximum absolute atomic E-state index is 12.1. The van der Waals surface area contributed by atoms with Gasteiger partial charge >= 0.3 is 0 Å². The van der Waals surface area contributed by atoms with Gasteiger partial charge in [0.1, 0.15) is 0 Å². The predicted molar refractivity (Wildman–Crippen MR) is 78.1 cm³/mol. The van der Waals surface area contributed by atoms with Gasteiger partial charge < -0.3 is 5.32 Å². The number of nitrogens with one attached hydrogen (secondary N) is 1. The highest BCUT2D eigenvalue weighted by Gasteiger charge is 2.17. The van der Waals surface area contributed by atoms with E-state index in [1.54, 1.807) is 36.9 Å². The van der Waals surface area contributed by atoms with Crippen molar-refractivity contribution in [2.24, 2.45) is 7.05 Å². The average Bonchev–Trinajstić information content (AvgIpc) is 2.66. The van der Waals surface area contributed by atoms with Crippen LogP contribution >= 0.6 is 0 Å². The highest BCUT2D eigenvalue weighted by atomic mass is 16.6. The molecular formula is C14H16N4O3. The van der Waals surface area contributed by atoms with Crippen LogP contribution in [0.15, 0.2) is 24.3 Å². The molecule has 7 nitrogen and oxygen atoms in total. The Hall–Kier alpha value is -2.70. The number of para-hydroxylation sites is 1. The molecule has 0 bridgehead atoms. The third kappa shape index (κ3) is 3.07. The lowest BCUT2D eigenvalue weighted by molar-refractivity contribution is -0.385. The summed E-state index contributed by atoms with van der Waals surface area (Å²) in [6.45, 7) is 3.65. The number of amides is 1. The molecule has 0 saturated heterocycles. The first kappa shape index (κ1) is 14.7. The van der Waals surface area contributed by atoms with Gasteiger partial charge in [0.25, 0.3) is 5.69 Å². The number of nitro benzene ring substituents is 1. The minimum atomic E-state index is -0.483. The number of anilines is 1. The summed E-state index contributed by atoms with van der Waals surface area (Å²) in [4.78, 5) is 22.6. The van der Waals surface area contributed by atoms with Gasteiger partial charge in [-0.15, -0.1) is 0 Å². The Morgan fingerprint density at radius 2 is 2.05 bits per heavy atom. The standard InChI is InChI=1S/C14H16N4O3/c1-9-14(10(2)17(3)16-9)15-13(19)8-11-6-4-5-7-12(11)18(20)21/h4-7H,8H2,1-3H3,(H,15,19). The zero-order valence-corrected chi connectivity index (χ0v) is 12.1. The monoisotopic (exact) mass is 288 g/mol. The van der Waals surface area contributed by atoms with Gasteiger partial charge in [0.2, 0.25) is 5.91 Å². The molecule has 1 heterocycles. The quantitative estimate of drug-likeness (QED) is 0.689. The topological polar surface area (TPSA) is 90.1 Å². The van der Waals surface area contributed by atoms with Crippen molar-refractivity contribution in [3.63, 3.8) is 0 Å². The Morgan fingerprint density at radius 1 is 1.38 bits per heavy atom. The van der Waals surface area contributed by atoms with Crippen LogP contribution in [0.2, 0.25) is 0 Å². The second-order valence-electron chi connectivity index (χ2n) is 4.78. The molecule has 0 saturated carbocycles. The van der Waals surface area contributed by atoms with E-state index in [0.717, 1.165) is 5.69 Å². The van der Waals surface area contributed by atoms with Crippen LogP contribution in [0.1, 0.15) is 17.0 Å². The lowest BCUT2D eigenvalue weighted by Gasteiger charge is -2.06. The minimum Gasteiger partial charge on any atom is -0.323 e. The normalized spacial score (nSPS) is 10.4. The Kier molecular flexibility index (Phi) is 4.02. The molecule has 110 valence electrons. The molecule has 2 aromatic rings. The first-order valence-corrected chi connectivity index (χ1v) is 6.42. The Balaban J connectivity index is 2.18. The van der Waals surface area contributed by atoms with E-state index < -0.39 is 4.92 Å². The van der Waals surface area contributed by atoms with Crippen molar-refractivity contribution in [3.05, 3.63) is 51.3 Å². The highest BCUT2D eigenvalue weighted by molar-refractivity contribution is 5.93. The molecule has 1 aromatic heterocycles. The number of aromatic nitrogens is 2. The van der Waals surface area contributed by atoms with Gasteiger partial charge in [0, 0.05) is 18.7 Å². The molecule has 0 aliphatic heterocycles. The molecule has 0 atom stereocenters. The van der Waals surface area contributed by atoms with Gasteiger partial charge in [-0.05, 0) is 13.8 Å². The third-order valence-electron chi connectivity index (χ3n) is 3.31. The van der Waals surface area contributed by atoms with E-state index in [1.165, 1.54) is 6.07 Å². The lowest BCUT2D eigenvalue weighted by atomic mass is 10.1. The van der Waals surface area contributed by atoms with Gasteiger partial charge in [0.05, 0.1) is 28.4 Å². The highest BCUT2D eigenvalue weighted by Crippen LogP contribution is 2.21. The summed E-state index contributed by atoms with van der Waals surface area (Å²) in [6.07, 6.45) is -0.0507. The van der Waals surface area contributed by atoms with Crippen LogP contribution in [0.4, 0.5) is 11.4 Å². The first-order valence-electron chi connectivity index (χ1n) is 6.42. The van der Waals surface area contributed by atoms with E-state index in [2.05, 4.69) is 10.4 Å². The van der Waals surface area contributed by atoms with Crippen molar-refractivity contribution in [1.29, 1.82) is 0 Å². The number of nitro groups is 1. The summed E-state index contributed by atoms with van der Waals surface area (Å²) >= 11 is 0. The number of carbonyl (C=O) groups is 1. The van der Waals surface area contributed by atoms with Gasteiger partial charge in [-0.3, -0.25) is 19.6 Å². The Bertz CT molecular complexity index is 706. The van der Waals surface area contributed by atoms with Crippen LogP contribution in [0.25, 0.3) is 0 Å². The van der Waals surface area contributed by atoms with Gasteiger partial charge in [-0.2, -0.15) is 5.10 Å². The summed E-state index contributed by atoms with van der Waals surface area (Å²) in [7, 11) is 1.79. The fourth-order valence-corrected chi connectivity index (χ4v) is 2.15. The maximum atomic E-state index is 12.1. The van der Waals surface area contributed by atoms with E-state index in [1.807, 2.05) is 6.92 Å². The SMILES string of the molecule is Cc1nn(C)c(C)c1NC(=O)Cc1ccccc1[N+](=O)[O-]. The van der Waals surface area contributed by atoms with E-state index in [9.17, 15) is 14.9 Å². The van der Waals surface area contributed by atoms with Crippen LogP contribution < -0.4 is 5.32 Å². The minimum absolute atomic E-state index is 0.0488. The van der Waals surface area contributed by atoms with E-state index in [4.69, 9.17) is 0 Å². The summed E-state index contributed by atoms with van der Waals surface area (Å²) in [5.41, 5.74) is 2.54. The predicted octanol–water partition coefficient (Wildman–Crippen LogP) is 2.13. The van der Waals surface area contributed by atoms with Crippen molar-refractivity contribution in [2.45, 2.75) is 20.3 Å². The third-order valence-corrected chi connectivity index (χ3v) is 3.31. The molecule has 0 unspecified atom stereocenters. The molecule has 1 aromatic carbocycles. The number of nitrogens with zero attached hydrogens (tertiary/aromatic N) is 3. The number of benzene rings is 1. The fraction of sp³-hybridized carbons (Fsp3) is 0.286. The second kappa shape index (κ2) is 5.74. The van der Waals surface area contributed by atoms with Crippen molar-refractivity contribution in [2.75, 3.05) is 5.32 Å². The zero-order chi connectivity index (χ0) is 15.6. The molecule has 2 rings (SSSR count). The van der Waals surface area contributed by atoms with Crippen LogP contribution in [0, 0.1) is 24.0 Å². The van der Waals surface area contributed by atoms with Crippen molar-refractivity contribution < 1.29 is 9.72 Å². The average molecular weight is 288 g/mol. The second-order valence-corrected chi connectivity index (χ2v) is 4.78. The fourth-order valence-electron chi connectivity index (χ4n) is 2.15. The molecule has 21 heavy (non-hydrogen) atoms. The zero-order valence-electron chi connectivity index (χ0n) is 12.1. The molecule has 0 aliphatic carbocycles.